The van der Waals surface area contributed by atoms with Crippen LogP contribution < -0.4 is 4.74 Å². The maximum absolute atomic E-state index is 11.1. The Morgan fingerprint density at radius 3 is 2.54 bits per heavy atom. The number of para-hydroxylation sites is 1. The number of carbonyl (C=O) groups is 1. The zero-order valence-electron chi connectivity index (χ0n) is 7.10. The summed E-state index contributed by atoms with van der Waals surface area (Å²) in [6, 6.07) is 6.37. The normalized spacial score (nSPS) is 10.2. The molecule has 0 aromatic heterocycles. The fraction of sp³-hybridized carbons (Fsp3) is 0.222. The van der Waals surface area contributed by atoms with E-state index in [0.717, 1.165) is 0 Å². The van der Waals surface area contributed by atoms with E-state index in [1.807, 2.05) is 0 Å². The minimum absolute atomic E-state index is 0.167. The molecule has 1 aromatic carbocycles. The number of aliphatic hydroxyl groups excluding tert-OH is 1. The number of benzene rings is 1. The van der Waals surface area contributed by atoms with Gasteiger partial charge in [-0.15, -0.1) is 0 Å². The van der Waals surface area contributed by atoms with E-state index in [4.69, 9.17) is 14.9 Å². The van der Waals surface area contributed by atoms with Crippen molar-refractivity contribution in [3.63, 3.8) is 0 Å². The van der Waals surface area contributed by atoms with Gasteiger partial charge in [-0.05, 0) is 12.1 Å². The molecular weight excluding hydrogens is 172 g/mol. The minimum Gasteiger partial charge on any atom is -0.496 e. The Morgan fingerprint density at radius 1 is 1.38 bits per heavy atom. The standard InChI is InChI=1S/C9H10O4/c1-13-7-5-3-2-4-6(7)8(10)9(11)12/h2-5,9,11-12H,1H3. The van der Waals surface area contributed by atoms with Crippen molar-refractivity contribution in [1.29, 1.82) is 0 Å². The van der Waals surface area contributed by atoms with Crippen LogP contribution in [0, 0.1) is 0 Å². The van der Waals surface area contributed by atoms with Crippen molar-refractivity contribution in [1.82, 2.24) is 0 Å². The highest BCUT2D eigenvalue weighted by Gasteiger charge is 2.17. The highest BCUT2D eigenvalue weighted by Crippen LogP contribution is 2.18. The molecule has 1 rings (SSSR count). The molecule has 0 heterocycles. The Kier molecular flexibility index (Phi) is 3.00. The maximum atomic E-state index is 11.1. The summed E-state index contributed by atoms with van der Waals surface area (Å²) in [6.07, 6.45) is -1.99. The molecule has 4 heteroatoms. The van der Waals surface area contributed by atoms with Crippen LogP contribution in [-0.2, 0) is 0 Å². The van der Waals surface area contributed by atoms with Crippen molar-refractivity contribution in [2.45, 2.75) is 6.29 Å². The van der Waals surface area contributed by atoms with Crippen molar-refractivity contribution in [2.24, 2.45) is 0 Å². The van der Waals surface area contributed by atoms with E-state index in [-0.39, 0.29) is 5.56 Å². The van der Waals surface area contributed by atoms with Gasteiger partial charge >= 0.3 is 0 Å². The van der Waals surface area contributed by atoms with E-state index >= 15 is 0 Å². The molecule has 0 saturated carbocycles. The first-order chi connectivity index (χ1) is 6.16. The van der Waals surface area contributed by atoms with Gasteiger partial charge in [0.05, 0.1) is 12.7 Å². The number of rotatable bonds is 3. The lowest BCUT2D eigenvalue weighted by molar-refractivity contribution is -0.0196. The van der Waals surface area contributed by atoms with Gasteiger partial charge in [0.2, 0.25) is 12.1 Å². The first-order valence-electron chi connectivity index (χ1n) is 3.70. The first kappa shape index (κ1) is 9.70. The molecule has 70 valence electrons. The maximum Gasteiger partial charge on any atom is 0.222 e. The zero-order chi connectivity index (χ0) is 9.84. The predicted molar refractivity (Wildman–Crippen MR) is 45.6 cm³/mol. The third kappa shape index (κ3) is 2.05. The van der Waals surface area contributed by atoms with Crippen molar-refractivity contribution in [3.8, 4) is 5.75 Å². The smallest absolute Gasteiger partial charge is 0.222 e. The zero-order valence-corrected chi connectivity index (χ0v) is 7.10. The molecule has 0 fully saturated rings. The fourth-order valence-corrected chi connectivity index (χ4v) is 0.987. The minimum atomic E-state index is -1.99. The lowest BCUT2D eigenvalue weighted by Crippen LogP contribution is -2.19. The molecule has 0 aliphatic heterocycles. The summed E-state index contributed by atoms with van der Waals surface area (Å²) < 4.78 is 4.87. The second-order valence-electron chi connectivity index (χ2n) is 2.44. The van der Waals surface area contributed by atoms with Gasteiger partial charge in [-0.2, -0.15) is 0 Å². The number of ketones is 1. The van der Waals surface area contributed by atoms with Crippen LogP contribution in [0.3, 0.4) is 0 Å². The van der Waals surface area contributed by atoms with Gasteiger partial charge in [0.25, 0.3) is 0 Å². The van der Waals surface area contributed by atoms with Crippen LogP contribution in [0.2, 0.25) is 0 Å². The van der Waals surface area contributed by atoms with Crippen molar-refractivity contribution in [3.05, 3.63) is 29.8 Å². The van der Waals surface area contributed by atoms with E-state index in [2.05, 4.69) is 0 Å². The summed E-state index contributed by atoms with van der Waals surface area (Å²) in [5.41, 5.74) is 0.167. The molecule has 0 spiro atoms. The molecule has 1 aromatic rings. The Bertz CT molecular complexity index is 306. The number of hydrogen-bond donors (Lipinski definition) is 2. The lowest BCUT2D eigenvalue weighted by atomic mass is 10.1. The summed E-state index contributed by atoms with van der Waals surface area (Å²) >= 11 is 0. The Morgan fingerprint density at radius 2 is 2.00 bits per heavy atom. The molecule has 4 nitrogen and oxygen atoms in total. The molecule has 0 saturated heterocycles. The molecular formula is C9H10O4. The van der Waals surface area contributed by atoms with Crippen LogP contribution in [0.1, 0.15) is 10.4 Å². The highest BCUT2D eigenvalue weighted by molar-refractivity contribution is 6.00. The molecule has 0 aliphatic rings. The Balaban J connectivity index is 3.06. The number of methoxy groups -OCH3 is 1. The monoisotopic (exact) mass is 182 g/mol. The fourth-order valence-electron chi connectivity index (χ4n) is 0.987. The summed E-state index contributed by atoms with van der Waals surface area (Å²) in [5.74, 6) is -0.432. The van der Waals surface area contributed by atoms with Crippen molar-refractivity contribution >= 4 is 5.78 Å². The second-order valence-corrected chi connectivity index (χ2v) is 2.44. The van der Waals surface area contributed by atoms with Gasteiger partial charge in [0, 0.05) is 0 Å². The molecule has 0 atom stereocenters. The predicted octanol–water partition coefficient (Wildman–Crippen LogP) is 0.189. The second kappa shape index (κ2) is 4.02. The number of hydrogen-bond acceptors (Lipinski definition) is 4. The van der Waals surface area contributed by atoms with Crippen LogP contribution in [0.5, 0.6) is 5.75 Å². The van der Waals surface area contributed by atoms with E-state index in [1.54, 1.807) is 18.2 Å². The van der Waals surface area contributed by atoms with Crippen LogP contribution in [0.25, 0.3) is 0 Å². The summed E-state index contributed by atoms with van der Waals surface area (Å²) in [6.45, 7) is 0. The molecule has 0 unspecified atom stereocenters. The Hall–Kier alpha value is -1.39. The SMILES string of the molecule is COc1ccccc1C(=O)C(O)O. The Labute approximate surface area is 75.4 Å². The quantitative estimate of drug-likeness (QED) is 0.517. The lowest BCUT2D eigenvalue weighted by Gasteiger charge is -2.07. The number of ether oxygens (including phenoxy) is 1. The van der Waals surface area contributed by atoms with Crippen LogP contribution in [0.4, 0.5) is 0 Å². The van der Waals surface area contributed by atoms with Crippen LogP contribution in [-0.4, -0.2) is 29.4 Å². The van der Waals surface area contributed by atoms with Crippen molar-refractivity contribution < 1.29 is 19.7 Å². The molecule has 2 N–H and O–H groups in total. The van der Waals surface area contributed by atoms with Gasteiger partial charge in [0.1, 0.15) is 5.75 Å². The largest absolute Gasteiger partial charge is 0.496 e. The van der Waals surface area contributed by atoms with Gasteiger partial charge in [-0.3, -0.25) is 4.79 Å². The van der Waals surface area contributed by atoms with Gasteiger partial charge in [0.15, 0.2) is 0 Å². The van der Waals surface area contributed by atoms with Gasteiger partial charge in [-0.1, -0.05) is 12.1 Å². The average molecular weight is 182 g/mol. The third-order valence-corrected chi connectivity index (χ3v) is 1.61. The van der Waals surface area contributed by atoms with E-state index in [0.29, 0.717) is 5.75 Å². The summed E-state index contributed by atoms with van der Waals surface area (Å²) in [4.78, 5) is 11.1. The topological polar surface area (TPSA) is 66.8 Å². The van der Waals surface area contributed by atoms with E-state index in [9.17, 15) is 4.79 Å². The van der Waals surface area contributed by atoms with Gasteiger partial charge < -0.3 is 14.9 Å². The first-order valence-corrected chi connectivity index (χ1v) is 3.70. The van der Waals surface area contributed by atoms with Crippen molar-refractivity contribution in [2.75, 3.05) is 7.11 Å². The number of carbonyl (C=O) groups excluding carboxylic acids is 1. The number of Topliss-reactive ketones (excluding diaryl/α,β-unsaturated/α-hetero) is 1. The van der Waals surface area contributed by atoms with Crippen LogP contribution >= 0.6 is 0 Å². The highest BCUT2D eigenvalue weighted by atomic mass is 16.5. The average Bonchev–Trinajstić information content (AvgIpc) is 2.16. The van der Waals surface area contributed by atoms with E-state index < -0.39 is 12.1 Å². The summed E-state index contributed by atoms with van der Waals surface area (Å²) in [7, 11) is 1.41. The number of aliphatic hydroxyl groups is 2. The third-order valence-electron chi connectivity index (χ3n) is 1.61. The summed E-state index contributed by atoms with van der Waals surface area (Å²) in [5, 5.41) is 17.3. The molecule has 0 radical (unpaired) electrons. The molecule has 0 bridgehead atoms. The molecule has 13 heavy (non-hydrogen) atoms. The molecule has 0 aliphatic carbocycles. The van der Waals surface area contributed by atoms with Gasteiger partial charge in [-0.25, -0.2) is 0 Å². The van der Waals surface area contributed by atoms with Crippen LogP contribution in [0.15, 0.2) is 24.3 Å². The van der Waals surface area contributed by atoms with E-state index in [1.165, 1.54) is 13.2 Å². The molecule has 0 amide bonds.